The quantitative estimate of drug-likeness (QED) is 0.720. The molecule has 2 fully saturated rings. The first-order valence-corrected chi connectivity index (χ1v) is 11.4. The first-order chi connectivity index (χ1) is 15.4. The zero-order chi connectivity index (χ0) is 22.5. The van der Waals surface area contributed by atoms with E-state index >= 15 is 0 Å². The molecule has 0 unspecified atom stereocenters. The fourth-order valence-electron chi connectivity index (χ4n) is 5.55. The Morgan fingerprint density at radius 1 is 1.19 bits per heavy atom. The molecule has 7 nitrogen and oxygen atoms in total. The molecule has 32 heavy (non-hydrogen) atoms. The average Bonchev–Trinajstić information content (AvgIpc) is 2.83. The van der Waals surface area contributed by atoms with Crippen molar-refractivity contribution in [2.75, 3.05) is 26.8 Å². The van der Waals surface area contributed by atoms with Crippen LogP contribution < -0.4 is 15.0 Å². The van der Waals surface area contributed by atoms with Crippen LogP contribution in [0, 0.1) is 12.8 Å². The second-order valence-corrected chi connectivity index (χ2v) is 9.13. The van der Waals surface area contributed by atoms with E-state index in [1.165, 1.54) is 4.57 Å². The van der Waals surface area contributed by atoms with E-state index < -0.39 is 5.60 Å². The van der Waals surface area contributed by atoms with Gasteiger partial charge in [0, 0.05) is 56.8 Å². The summed E-state index contributed by atoms with van der Waals surface area (Å²) in [5.74, 6) is 1.52. The number of piperidine rings is 1. The summed E-state index contributed by atoms with van der Waals surface area (Å²) in [5.41, 5.74) is 1.46. The highest BCUT2D eigenvalue weighted by Crippen LogP contribution is 2.55. The van der Waals surface area contributed by atoms with Gasteiger partial charge in [0.05, 0.1) is 13.2 Å². The zero-order valence-corrected chi connectivity index (χ0v) is 18.9. The Hall–Kier alpha value is -2.80. The Bertz CT molecular complexity index is 1100. The van der Waals surface area contributed by atoms with E-state index in [9.17, 15) is 9.59 Å². The van der Waals surface area contributed by atoms with Crippen LogP contribution in [-0.2, 0) is 11.8 Å². The summed E-state index contributed by atoms with van der Waals surface area (Å²) in [7, 11) is 3.35. The number of aromatic nitrogens is 1. The number of hydrogen-bond donors (Lipinski definition) is 0. The standard InChI is InChI=1S/C25H30N2O5/c1-16-9-10-18(23(28)26(16)2)24(29)27-13-11-25(12-14-27)19-7-5-15-31-21(19)17-6-4-8-20(30-3)22(17)32-25/h4,6,8-10,19,21H,5,7,11-15H2,1-3H3/t19-,21+/m0/s1. The number of para-hydroxylation sites is 1. The van der Waals surface area contributed by atoms with Crippen molar-refractivity contribution in [2.45, 2.75) is 44.3 Å². The fraction of sp³-hybridized carbons (Fsp3) is 0.520. The monoisotopic (exact) mass is 438 g/mol. The number of methoxy groups -OCH3 is 1. The molecule has 1 spiro atoms. The molecule has 1 aromatic heterocycles. The SMILES string of the molecule is COc1cccc2c1OC1(CCN(C(=O)c3ccc(C)n(C)c3=O)CC1)[C@H]1CCCO[C@H]21. The second kappa shape index (κ2) is 7.96. The third-order valence-electron chi connectivity index (χ3n) is 7.52. The zero-order valence-electron chi connectivity index (χ0n) is 18.9. The van der Waals surface area contributed by atoms with E-state index in [2.05, 4.69) is 6.07 Å². The van der Waals surface area contributed by atoms with Crippen molar-refractivity contribution in [2.24, 2.45) is 13.0 Å². The van der Waals surface area contributed by atoms with E-state index in [1.54, 1.807) is 25.1 Å². The van der Waals surface area contributed by atoms with Gasteiger partial charge in [0.1, 0.15) is 11.2 Å². The van der Waals surface area contributed by atoms with Crippen molar-refractivity contribution >= 4 is 5.91 Å². The summed E-state index contributed by atoms with van der Waals surface area (Å²) in [6.07, 6.45) is 3.43. The largest absolute Gasteiger partial charge is 0.493 e. The molecule has 2 saturated heterocycles. The molecular formula is C25H30N2O5. The molecular weight excluding hydrogens is 408 g/mol. The second-order valence-electron chi connectivity index (χ2n) is 9.13. The lowest BCUT2D eigenvalue weighted by Gasteiger charge is -2.53. The minimum absolute atomic E-state index is 0.0192. The molecule has 0 saturated carbocycles. The lowest BCUT2D eigenvalue weighted by molar-refractivity contribution is -0.147. The number of benzene rings is 1. The molecule has 5 rings (SSSR count). The number of carbonyl (C=O) groups is 1. The van der Waals surface area contributed by atoms with E-state index in [4.69, 9.17) is 14.2 Å². The van der Waals surface area contributed by atoms with Crippen LogP contribution >= 0.6 is 0 Å². The van der Waals surface area contributed by atoms with E-state index in [0.29, 0.717) is 25.9 Å². The predicted molar refractivity (Wildman–Crippen MR) is 119 cm³/mol. The third kappa shape index (κ3) is 3.22. The highest BCUT2D eigenvalue weighted by atomic mass is 16.5. The maximum Gasteiger partial charge on any atom is 0.263 e. The minimum Gasteiger partial charge on any atom is -0.493 e. The van der Waals surface area contributed by atoms with Gasteiger partial charge in [-0.15, -0.1) is 0 Å². The molecule has 0 bridgehead atoms. The van der Waals surface area contributed by atoms with Gasteiger partial charge in [-0.05, 0) is 38.0 Å². The van der Waals surface area contributed by atoms with Crippen molar-refractivity contribution < 1.29 is 19.0 Å². The Kier molecular flexibility index (Phi) is 5.24. The van der Waals surface area contributed by atoms with Crippen LogP contribution in [0.1, 0.15) is 53.4 Å². The molecule has 170 valence electrons. The predicted octanol–water partition coefficient (Wildman–Crippen LogP) is 3.24. The maximum absolute atomic E-state index is 13.2. The van der Waals surface area contributed by atoms with Gasteiger partial charge < -0.3 is 23.7 Å². The average molecular weight is 439 g/mol. The van der Waals surface area contributed by atoms with Crippen LogP contribution in [0.15, 0.2) is 35.1 Å². The van der Waals surface area contributed by atoms with Gasteiger partial charge in [-0.3, -0.25) is 9.59 Å². The number of carbonyl (C=O) groups excluding carboxylic acids is 1. The number of ether oxygens (including phenoxy) is 3. The lowest BCUT2D eigenvalue weighted by Crippen LogP contribution is -2.58. The summed E-state index contributed by atoms with van der Waals surface area (Å²) in [6, 6.07) is 9.43. The van der Waals surface area contributed by atoms with Crippen LogP contribution in [0.3, 0.4) is 0 Å². The van der Waals surface area contributed by atoms with Gasteiger partial charge in [0.15, 0.2) is 11.5 Å². The topological polar surface area (TPSA) is 70.0 Å². The summed E-state index contributed by atoms with van der Waals surface area (Å²) >= 11 is 0. The summed E-state index contributed by atoms with van der Waals surface area (Å²) in [4.78, 5) is 27.6. The molecule has 7 heteroatoms. The van der Waals surface area contributed by atoms with E-state index in [0.717, 1.165) is 42.2 Å². The van der Waals surface area contributed by atoms with Gasteiger partial charge in [0.2, 0.25) is 0 Å². The molecule has 0 radical (unpaired) electrons. The summed E-state index contributed by atoms with van der Waals surface area (Å²) < 4.78 is 20.1. The minimum atomic E-state index is -0.401. The van der Waals surface area contributed by atoms with Crippen LogP contribution in [0.5, 0.6) is 11.5 Å². The first-order valence-electron chi connectivity index (χ1n) is 11.4. The fourth-order valence-corrected chi connectivity index (χ4v) is 5.55. The normalized spacial score (nSPS) is 23.8. The molecule has 3 aliphatic heterocycles. The molecule has 2 atom stereocenters. The van der Waals surface area contributed by atoms with Gasteiger partial charge >= 0.3 is 0 Å². The number of likely N-dealkylation sites (tertiary alicyclic amines) is 1. The maximum atomic E-state index is 13.2. The molecule has 1 aromatic carbocycles. The van der Waals surface area contributed by atoms with Gasteiger partial charge in [-0.1, -0.05) is 12.1 Å². The number of fused-ring (bicyclic) bond motifs is 4. The van der Waals surface area contributed by atoms with E-state index in [-0.39, 0.29) is 29.1 Å². The molecule has 1 amide bonds. The number of amides is 1. The number of pyridine rings is 1. The summed E-state index contributed by atoms with van der Waals surface area (Å²) in [6.45, 7) is 3.69. The number of aryl methyl sites for hydroxylation is 1. The van der Waals surface area contributed by atoms with Gasteiger partial charge in [-0.25, -0.2) is 0 Å². The van der Waals surface area contributed by atoms with Crippen LogP contribution in [0.2, 0.25) is 0 Å². The van der Waals surface area contributed by atoms with Crippen LogP contribution in [0.4, 0.5) is 0 Å². The molecule has 0 aliphatic carbocycles. The number of rotatable bonds is 2. The summed E-state index contributed by atoms with van der Waals surface area (Å²) in [5, 5.41) is 0. The van der Waals surface area contributed by atoms with Crippen LogP contribution in [0.25, 0.3) is 0 Å². The first kappa shape index (κ1) is 21.1. The van der Waals surface area contributed by atoms with Crippen molar-refractivity contribution in [3.05, 3.63) is 57.5 Å². The lowest BCUT2D eigenvalue weighted by atomic mass is 9.70. The Morgan fingerprint density at radius 3 is 2.72 bits per heavy atom. The van der Waals surface area contributed by atoms with Crippen molar-refractivity contribution in [3.8, 4) is 11.5 Å². The number of hydrogen-bond acceptors (Lipinski definition) is 5. The molecule has 4 heterocycles. The Morgan fingerprint density at radius 2 is 1.97 bits per heavy atom. The molecule has 3 aliphatic rings. The highest BCUT2D eigenvalue weighted by molar-refractivity contribution is 5.94. The van der Waals surface area contributed by atoms with E-state index in [1.807, 2.05) is 25.1 Å². The molecule has 2 aromatic rings. The van der Waals surface area contributed by atoms with Gasteiger partial charge in [0.25, 0.3) is 11.5 Å². The van der Waals surface area contributed by atoms with Crippen LogP contribution in [-0.4, -0.2) is 47.8 Å². The third-order valence-corrected chi connectivity index (χ3v) is 7.52. The van der Waals surface area contributed by atoms with Crippen molar-refractivity contribution in [3.63, 3.8) is 0 Å². The molecule has 0 N–H and O–H groups in total. The smallest absolute Gasteiger partial charge is 0.263 e. The number of nitrogens with zero attached hydrogens (tertiary/aromatic N) is 2. The van der Waals surface area contributed by atoms with Crippen molar-refractivity contribution in [1.29, 1.82) is 0 Å². The highest BCUT2D eigenvalue weighted by Gasteiger charge is 2.53. The Labute approximate surface area is 187 Å². The van der Waals surface area contributed by atoms with Gasteiger partial charge in [-0.2, -0.15) is 0 Å². The Balaban J connectivity index is 1.42. The van der Waals surface area contributed by atoms with Crippen molar-refractivity contribution in [1.82, 2.24) is 9.47 Å².